The van der Waals surface area contributed by atoms with Gasteiger partial charge in [-0.1, -0.05) is 36.4 Å². The van der Waals surface area contributed by atoms with Crippen molar-refractivity contribution in [2.75, 3.05) is 25.9 Å². The lowest BCUT2D eigenvalue weighted by molar-refractivity contribution is 0.591. The molecule has 0 atom stereocenters. The second-order valence-corrected chi connectivity index (χ2v) is 8.86. The zero-order valence-electron chi connectivity index (χ0n) is 16.8. The molecule has 0 fully saturated rings. The van der Waals surface area contributed by atoms with Gasteiger partial charge in [0.2, 0.25) is 0 Å². The minimum absolute atomic E-state index is 0. The molecule has 5 nitrogen and oxygen atoms in total. The molecule has 0 aliphatic rings. The molecular weight excluding hydrogens is 504 g/mol. The van der Waals surface area contributed by atoms with Crippen molar-refractivity contribution >= 4 is 39.8 Å². The molecule has 0 bridgehead atoms. The van der Waals surface area contributed by atoms with Gasteiger partial charge in [0, 0.05) is 20.1 Å². The molecule has 2 aromatic rings. The van der Waals surface area contributed by atoms with E-state index in [1.165, 1.54) is 12.1 Å². The summed E-state index contributed by atoms with van der Waals surface area (Å²) in [4.78, 5) is 4.14. The minimum Gasteiger partial charge on any atom is -0.356 e. The maximum atomic E-state index is 13.1. The van der Waals surface area contributed by atoms with Gasteiger partial charge in [0.15, 0.2) is 15.8 Å². The number of hydrogen-bond acceptors (Lipinski definition) is 3. The predicted octanol–water partition coefficient (Wildman–Crippen LogP) is 3.46. The topological polar surface area (TPSA) is 70.6 Å². The van der Waals surface area contributed by atoms with Crippen LogP contribution in [0.2, 0.25) is 0 Å². The van der Waals surface area contributed by atoms with Crippen LogP contribution in [-0.2, 0) is 22.0 Å². The number of benzene rings is 2. The predicted molar refractivity (Wildman–Crippen MR) is 128 cm³/mol. The fourth-order valence-electron chi connectivity index (χ4n) is 2.88. The summed E-state index contributed by atoms with van der Waals surface area (Å²) in [6.45, 7) is 3.06. The Hall–Kier alpha value is -1.68. The van der Waals surface area contributed by atoms with Crippen LogP contribution in [0.25, 0.3) is 0 Å². The SMILES string of the molecule is CN=C(NCCCS(=O)(=O)Cc1ccccc1)NCCc1ccc(F)cc1C.I. The highest BCUT2D eigenvalue weighted by atomic mass is 127. The number of halogens is 2. The fourth-order valence-corrected chi connectivity index (χ4v) is 4.30. The summed E-state index contributed by atoms with van der Waals surface area (Å²) in [5.41, 5.74) is 2.81. The van der Waals surface area contributed by atoms with Crippen molar-refractivity contribution < 1.29 is 12.8 Å². The Bertz CT molecular complexity index is 890. The Morgan fingerprint density at radius 3 is 2.41 bits per heavy atom. The van der Waals surface area contributed by atoms with Crippen LogP contribution in [0, 0.1) is 12.7 Å². The van der Waals surface area contributed by atoms with E-state index in [1.807, 2.05) is 37.3 Å². The van der Waals surface area contributed by atoms with E-state index in [1.54, 1.807) is 13.1 Å². The number of hydrogen-bond donors (Lipinski definition) is 2. The molecule has 8 heteroatoms. The highest BCUT2D eigenvalue weighted by Gasteiger charge is 2.11. The van der Waals surface area contributed by atoms with E-state index in [9.17, 15) is 12.8 Å². The number of aliphatic imine (C=N–C) groups is 1. The van der Waals surface area contributed by atoms with Crippen LogP contribution in [0.15, 0.2) is 53.5 Å². The molecule has 0 saturated heterocycles. The maximum absolute atomic E-state index is 13.1. The fraction of sp³-hybridized carbons (Fsp3) is 0.381. The quantitative estimate of drug-likeness (QED) is 0.224. The normalized spacial score (nSPS) is 11.6. The summed E-state index contributed by atoms with van der Waals surface area (Å²) >= 11 is 0. The van der Waals surface area contributed by atoms with E-state index < -0.39 is 9.84 Å². The molecule has 0 heterocycles. The molecule has 0 unspecified atom stereocenters. The van der Waals surface area contributed by atoms with Crippen LogP contribution in [0.5, 0.6) is 0 Å². The van der Waals surface area contributed by atoms with Crippen LogP contribution in [0.3, 0.4) is 0 Å². The lowest BCUT2D eigenvalue weighted by Gasteiger charge is -2.13. The first-order chi connectivity index (χ1) is 13.4. The molecule has 2 aromatic carbocycles. The van der Waals surface area contributed by atoms with Gasteiger partial charge in [-0.2, -0.15) is 0 Å². The Balaban J connectivity index is 0.00000420. The third-order valence-corrected chi connectivity index (χ3v) is 6.05. The maximum Gasteiger partial charge on any atom is 0.190 e. The van der Waals surface area contributed by atoms with Crippen molar-refractivity contribution in [3.63, 3.8) is 0 Å². The van der Waals surface area contributed by atoms with Crippen molar-refractivity contribution in [3.05, 3.63) is 71.0 Å². The van der Waals surface area contributed by atoms with Gasteiger partial charge >= 0.3 is 0 Å². The van der Waals surface area contributed by atoms with Gasteiger partial charge in [-0.25, -0.2) is 12.8 Å². The largest absolute Gasteiger partial charge is 0.356 e. The van der Waals surface area contributed by atoms with Gasteiger partial charge in [-0.05, 0) is 48.6 Å². The monoisotopic (exact) mass is 533 g/mol. The van der Waals surface area contributed by atoms with E-state index in [-0.39, 0.29) is 41.3 Å². The highest BCUT2D eigenvalue weighted by molar-refractivity contribution is 14.0. The average Bonchev–Trinajstić information content (AvgIpc) is 2.65. The van der Waals surface area contributed by atoms with E-state index in [4.69, 9.17) is 0 Å². The van der Waals surface area contributed by atoms with E-state index >= 15 is 0 Å². The number of guanidine groups is 1. The Morgan fingerprint density at radius 2 is 1.76 bits per heavy atom. The van der Waals surface area contributed by atoms with Crippen LogP contribution < -0.4 is 10.6 Å². The molecule has 0 aliphatic heterocycles. The van der Waals surface area contributed by atoms with Gasteiger partial charge in [-0.3, -0.25) is 4.99 Å². The smallest absolute Gasteiger partial charge is 0.190 e. The Labute approximate surface area is 190 Å². The van der Waals surface area contributed by atoms with Gasteiger partial charge < -0.3 is 10.6 Å². The lowest BCUT2D eigenvalue weighted by Crippen LogP contribution is -2.39. The van der Waals surface area contributed by atoms with Crippen molar-refractivity contribution in [2.24, 2.45) is 4.99 Å². The molecule has 2 N–H and O–H groups in total. The summed E-state index contributed by atoms with van der Waals surface area (Å²) in [7, 11) is -1.46. The highest BCUT2D eigenvalue weighted by Crippen LogP contribution is 2.10. The van der Waals surface area contributed by atoms with Crippen molar-refractivity contribution in [2.45, 2.75) is 25.5 Å². The average molecular weight is 533 g/mol. The summed E-state index contributed by atoms with van der Waals surface area (Å²) in [6, 6.07) is 14.0. The zero-order valence-corrected chi connectivity index (χ0v) is 20.0. The molecule has 160 valence electrons. The second-order valence-electron chi connectivity index (χ2n) is 6.68. The van der Waals surface area contributed by atoms with Crippen molar-refractivity contribution in [1.29, 1.82) is 0 Å². The molecular formula is C21H29FIN3O2S. The zero-order chi connectivity index (χ0) is 20.4. The van der Waals surface area contributed by atoms with Crippen molar-refractivity contribution in [1.82, 2.24) is 10.6 Å². The van der Waals surface area contributed by atoms with Crippen LogP contribution in [0.1, 0.15) is 23.1 Å². The summed E-state index contributed by atoms with van der Waals surface area (Å²) in [5, 5.41) is 6.32. The summed E-state index contributed by atoms with van der Waals surface area (Å²) in [5.74, 6) is 0.590. The van der Waals surface area contributed by atoms with E-state index in [0.29, 0.717) is 25.5 Å². The molecule has 0 aliphatic carbocycles. The number of aryl methyl sites for hydroxylation is 1. The van der Waals surface area contributed by atoms with Crippen LogP contribution >= 0.6 is 24.0 Å². The van der Waals surface area contributed by atoms with Gasteiger partial charge in [0.25, 0.3) is 0 Å². The van der Waals surface area contributed by atoms with E-state index in [2.05, 4.69) is 15.6 Å². The first-order valence-corrected chi connectivity index (χ1v) is 11.2. The molecule has 0 spiro atoms. The Kier molecular flexibility index (Phi) is 11.2. The molecule has 0 aromatic heterocycles. The molecule has 0 amide bonds. The molecule has 29 heavy (non-hydrogen) atoms. The first kappa shape index (κ1) is 25.4. The molecule has 0 radical (unpaired) electrons. The van der Waals surface area contributed by atoms with Crippen LogP contribution in [0.4, 0.5) is 4.39 Å². The van der Waals surface area contributed by atoms with Crippen molar-refractivity contribution in [3.8, 4) is 0 Å². The number of sulfone groups is 1. The lowest BCUT2D eigenvalue weighted by atomic mass is 10.1. The first-order valence-electron chi connectivity index (χ1n) is 9.33. The standard InChI is InChI=1S/C21H28FN3O2S.HI/c1-17-15-20(22)10-9-19(17)11-13-25-21(23-2)24-12-6-14-28(26,27)16-18-7-4-3-5-8-18;/h3-5,7-10,15H,6,11-14,16H2,1-2H3,(H2,23,24,25);1H. The third kappa shape index (κ3) is 9.58. The number of nitrogens with one attached hydrogen (secondary N) is 2. The van der Waals surface area contributed by atoms with Crippen LogP contribution in [-0.4, -0.2) is 40.3 Å². The Morgan fingerprint density at radius 1 is 1.07 bits per heavy atom. The third-order valence-electron chi connectivity index (χ3n) is 4.37. The van der Waals surface area contributed by atoms with E-state index in [0.717, 1.165) is 23.1 Å². The summed E-state index contributed by atoms with van der Waals surface area (Å²) in [6.07, 6.45) is 1.26. The van der Waals surface area contributed by atoms with Gasteiger partial charge in [-0.15, -0.1) is 24.0 Å². The number of rotatable bonds is 9. The van der Waals surface area contributed by atoms with Gasteiger partial charge in [0.1, 0.15) is 5.82 Å². The molecule has 2 rings (SSSR count). The second kappa shape index (κ2) is 12.8. The summed E-state index contributed by atoms with van der Waals surface area (Å²) < 4.78 is 37.5. The van der Waals surface area contributed by atoms with Gasteiger partial charge in [0.05, 0.1) is 11.5 Å². The number of nitrogens with zero attached hydrogens (tertiary/aromatic N) is 1. The minimum atomic E-state index is -3.13. The molecule has 0 saturated carbocycles.